The molecule has 0 aromatic rings. The van der Waals surface area contributed by atoms with Gasteiger partial charge in [0.1, 0.15) is 18.6 Å². The molecule has 0 radical (unpaired) electrons. The number of Topliss-reactive ketones (excluding diaryl/α,β-unsaturated/α-hetero) is 1. The SMILES string of the molecule is CCOP(=O)(CC(=O)OC[C@H]1C(=O)CCN2C(=O)C[C@@H]3CCCC[C@]312)OCC. The molecule has 1 aliphatic carbocycles. The summed E-state index contributed by atoms with van der Waals surface area (Å²) in [5.74, 6) is -0.931. The van der Waals surface area contributed by atoms with E-state index in [1.54, 1.807) is 13.8 Å². The molecule has 3 atom stereocenters. The Morgan fingerprint density at radius 3 is 2.61 bits per heavy atom. The van der Waals surface area contributed by atoms with Gasteiger partial charge in [-0.2, -0.15) is 0 Å². The van der Waals surface area contributed by atoms with Crippen molar-refractivity contribution < 1.29 is 32.7 Å². The Bertz CT molecular complexity index is 671. The maximum atomic E-state index is 12.8. The molecule has 0 bridgehead atoms. The van der Waals surface area contributed by atoms with Crippen molar-refractivity contribution in [2.24, 2.45) is 11.8 Å². The maximum Gasteiger partial charge on any atom is 0.341 e. The first-order chi connectivity index (χ1) is 13.4. The van der Waals surface area contributed by atoms with E-state index in [1.165, 1.54) is 0 Å². The molecule has 3 rings (SSSR count). The highest BCUT2D eigenvalue weighted by molar-refractivity contribution is 7.54. The van der Waals surface area contributed by atoms with E-state index >= 15 is 0 Å². The average molecular weight is 415 g/mol. The molecule has 1 amide bonds. The molecule has 0 aromatic heterocycles. The Morgan fingerprint density at radius 2 is 1.93 bits per heavy atom. The molecule has 1 saturated carbocycles. The summed E-state index contributed by atoms with van der Waals surface area (Å²) in [5, 5.41) is 0. The van der Waals surface area contributed by atoms with Crippen molar-refractivity contribution in [3.63, 3.8) is 0 Å². The highest BCUT2D eigenvalue weighted by Crippen LogP contribution is 2.53. The summed E-state index contributed by atoms with van der Waals surface area (Å²) in [5.41, 5.74) is -0.519. The molecule has 3 fully saturated rings. The van der Waals surface area contributed by atoms with Crippen molar-refractivity contribution in [2.45, 2.75) is 57.9 Å². The maximum absolute atomic E-state index is 12.8. The second-order valence-electron chi connectivity index (χ2n) is 7.74. The van der Waals surface area contributed by atoms with Gasteiger partial charge in [0, 0.05) is 19.4 Å². The van der Waals surface area contributed by atoms with Crippen LogP contribution in [-0.4, -0.2) is 60.6 Å². The van der Waals surface area contributed by atoms with Gasteiger partial charge in [-0.25, -0.2) is 0 Å². The lowest BCUT2D eigenvalue weighted by Crippen LogP contribution is -2.63. The van der Waals surface area contributed by atoms with E-state index in [4.69, 9.17) is 13.8 Å². The van der Waals surface area contributed by atoms with Crippen molar-refractivity contribution in [1.82, 2.24) is 4.90 Å². The second-order valence-corrected chi connectivity index (χ2v) is 9.79. The second kappa shape index (κ2) is 8.64. The predicted molar refractivity (Wildman–Crippen MR) is 101 cm³/mol. The van der Waals surface area contributed by atoms with Gasteiger partial charge in [0.05, 0.1) is 24.7 Å². The van der Waals surface area contributed by atoms with Crippen LogP contribution in [0.4, 0.5) is 0 Å². The number of hydrogen-bond donors (Lipinski definition) is 0. The van der Waals surface area contributed by atoms with Crippen molar-refractivity contribution in [3.8, 4) is 0 Å². The number of rotatable bonds is 8. The summed E-state index contributed by atoms with van der Waals surface area (Å²) >= 11 is 0. The van der Waals surface area contributed by atoms with Gasteiger partial charge < -0.3 is 18.7 Å². The van der Waals surface area contributed by atoms with Gasteiger partial charge in [-0.05, 0) is 32.6 Å². The van der Waals surface area contributed by atoms with Crippen LogP contribution in [0.15, 0.2) is 0 Å². The summed E-state index contributed by atoms with van der Waals surface area (Å²) in [6.45, 7) is 4.04. The molecular formula is C19H30NO7P. The van der Waals surface area contributed by atoms with E-state index in [0.29, 0.717) is 19.4 Å². The van der Waals surface area contributed by atoms with Gasteiger partial charge in [0.2, 0.25) is 5.91 Å². The molecule has 9 heteroatoms. The number of ether oxygens (including phenoxy) is 1. The van der Waals surface area contributed by atoms with Gasteiger partial charge >= 0.3 is 13.6 Å². The normalized spacial score (nSPS) is 30.1. The molecule has 0 aromatic carbocycles. The van der Waals surface area contributed by atoms with E-state index in [1.807, 2.05) is 4.90 Å². The monoisotopic (exact) mass is 415 g/mol. The fourth-order valence-electron chi connectivity index (χ4n) is 5.23. The zero-order valence-electron chi connectivity index (χ0n) is 16.7. The fourth-order valence-corrected chi connectivity index (χ4v) is 6.69. The average Bonchev–Trinajstić information content (AvgIpc) is 2.93. The number of hydrogen-bond acceptors (Lipinski definition) is 7. The molecule has 1 spiro atoms. The molecule has 28 heavy (non-hydrogen) atoms. The van der Waals surface area contributed by atoms with Crippen LogP contribution in [0.25, 0.3) is 0 Å². The molecule has 8 nitrogen and oxygen atoms in total. The van der Waals surface area contributed by atoms with E-state index in [-0.39, 0.29) is 37.4 Å². The lowest BCUT2D eigenvalue weighted by Gasteiger charge is -2.52. The minimum atomic E-state index is -3.55. The van der Waals surface area contributed by atoms with Crippen LogP contribution in [0.3, 0.4) is 0 Å². The predicted octanol–water partition coefficient (Wildman–Crippen LogP) is 2.55. The van der Waals surface area contributed by atoms with Crippen LogP contribution in [-0.2, 0) is 32.7 Å². The largest absolute Gasteiger partial charge is 0.464 e. The standard InChI is InChI=1S/C19H30NO7P/c1-3-26-28(24,27-4-2)13-18(23)25-12-15-16(21)8-10-20-17(22)11-14-7-5-6-9-19(14,15)20/h14-15H,3-13H2,1-2H3/t14-,15-,19-/m0/s1. The number of nitrogens with zero attached hydrogens (tertiary/aromatic N) is 1. The highest BCUT2D eigenvalue weighted by Gasteiger charge is 2.61. The minimum Gasteiger partial charge on any atom is -0.464 e. The first kappa shape index (κ1) is 21.5. The fraction of sp³-hybridized carbons (Fsp3) is 0.842. The summed E-state index contributed by atoms with van der Waals surface area (Å²) in [6, 6.07) is 0. The van der Waals surface area contributed by atoms with E-state index < -0.39 is 31.2 Å². The van der Waals surface area contributed by atoms with Crippen molar-refractivity contribution in [1.29, 1.82) is 0 Å². The zero-order chi connectivity index (χ0) is 20.4. The number of ketones is 1. The topological polar surface area (TPSA) is 99.2 Å². The zero-order valence-corrected chi connectivity index (χ0v) is 17.6. The molecule has 3 aliphatic rings. The quantitative estimate of drug-likeness (QED) is 0.444. The summed E-state index contributed by atoms with van der Waals surface area (Å²) < 4.78 is 28.2. The van der Waals surface area contributed by atoms with Gasteiger partial charge in [-0.15, -0.1) is 0 Å². The molecular weight excluding hydrogens is 385 g/mol. The van der Waals surface area contributed by atoms with Crippen LogP contribution in [0.1, 0.15) is 52.4 Å². The van der Waals surface area contributed by atoms with E-state index in [9.17, 15) is 18.9 Å². The third-order valence-corrected chi connectivity index (χ3v) is 8.22. The Kier molecular flexibility index (Phi) is 6.62. The Hall–Kier alpha value is -1.24. The number of carbonyl (C=O) groups is 3. The Morgan fingerprint density at radius 1 is 1.21 bits per heavy atom. The Labute approximate surface area is 165 Å². The van der Waals surface area contributed by atoms with Crippen molar-refractivity contribution in [3.05, 3.63) is 0 Å². The smallest absolute Gasteiger partial charge is 0.341 e. The van der Waals surface area contributed by atoms with E-state index in [2.05, 4.69) is 0 Å². The molecule has 0 unspecified atom stereocenters. The lowest BCUT2D eigenvalue weighted by atomic mass is 9.63. The van der Waals surface area contributed by atoms with Crippen molar-refractivity contribution in [2.75, 3.05) is 32.5 Å². The van der Waals surface area contributed by atoms with Crippen LogP contribution in [0, 0.1) is 11.8 Å². The Balaban J connectivity index is 1.71. The van der Waals surface area contributed by atoms with Crippen LogP contribution < -0.4 is 0 Å². The van der Waals surface area contributed by atoms with Gasteiger partial charge in [-0.1, -0.05) is 12.8 Å². The summed E-state index contributed by atoms with van der Waals surface area (Å²) in [7, 11) is -3.55. The third-order valence-electron chi connectivity index (χ3n) is 6.27. The molecule has 2 aliphatic heterocycles. The highest BCUT2D eigenvalue weighted by atomic mass is 31.2. The third kappa shape index (κ3) is 3.91. The minimum absolute atomic E-state index is 0.0449. The van der Waals surface area contributed by atoms with Gasteiger partial charge in [0.15, 0.2) is 0 Å². The number of carbonyl (C=O) groups excluding carboxylic acids is 3. The number of amides is 1. The van der Waals surface area contributed by atoms with Crippen LogP contribution in [0.5, 0.6) is 0 Å². The first-order valence-corrected chi connectivity index (χ1v) is 12.0. The summed E-state index contributed by atoms with van der Waals surface area (Å²) in [4.78, 5) is 39.5. The van der Waals surface area contributed by atoms with Crippen molar-refractivity contribution >= 4 is 25.3 Å². The lowest BCUT2D eigenvalue weighted by molar-refractivity contribution is -0.155. The van der Waals surface area contributed by atoms with Gasteiger partial charge in [-0.3, -0.25) is 18.9 Å². The van der Waals surface area contributed by atoms with Crippen LogP contribution in [0.2, 0.25) is 0 Å². The molecule has 0 N–H and O–H groups in total. The molecule has 158 valence electrons. The van der Waals surface area contributed by atoms with E-state index in [0.717, 1.165) is 25.7 Å². The molecule has 2 heterocycles. The first-order valence-electron chi connectivity index (χ1n) is 10.2. The van der Waals surface area contributed by atoms with Crippen LogP contribution >= 0.6 is 7.60 Å². The number of piperidine rings is 1. The summed E-state index contributed by atoms with van der Waals surface area (Å²) in [6.07, 6.45) is 3.99. The number of esters is 1. The van der Waals surface area contributed by atoms with Gasteiger partial charge in [0.25, 0.3) is 0 Å². The molecule has 2 saturated heterocycles.